The average Bonchev–Trinajstić information content (AvgIpc) is 3.95. The van der Waals surface area contributed by atoms with Crippen LogP contribution < -0.4 is 0 Å². The number of para-hydroxylation sites is 4. The molecule has 13 rings (SSSR count). The van der Waals surface area contributed by atoms with E-state index in [4.69, 9.17) is 0 Å². The Balaban J connectivity index is 0.958. The molecular weight excluding hydrogens is 715 g/mol. The van der Waals surface area contributed by atoms with Crippen molar-refractivity contribution in [3.8, 4) is 28.2 Å². The van der Waals surface area contributed by atoms with Crippen LogP contribution >= 0.6 is 0 Å². The normalized spacial score (nSPS) is 12.1. The molecule has 0 spiro atoms. The second-order valence-corrected chi connectivity index (χ2v) is 15.7. The van der Waals surface area contributed by atoms with Crippen LogP contribution in [0.4, 0.5) is 0 Å². The van der Waals surface area contributed by atoms with E-state index in [1.807, 2.05) is 0 Å². The Hall–Kier alpha value is -7.88. The van der Waals surface area contributed by atoms with Gasteiger partial charge in [-0.1, -0.05) is 146 Å². The Morgan fingerprint density at radius 1 is 0.237 bits per heavy atom. The molecule has 0 amide bonds. The van der Waals surface area contributed by atoms with Gasteiger partial charge in [0.05, 0.1) is 33.1 Å². The largest absolute Gasteiger partial charge is 0.309 e. The van der Waals surface area contributed by atoms with Gasteiger partial charge in [0.2, 0.25) is 0 Å². The summed E-state index contributed by atoms with van der Waals surface area (Å²) < 4.78 is 7.30. The molecule has 10 aromatic carbocycles. The highest BCUT2D eigenvalue weighted by Crippen LogP contribution is 2.43. The Morgan fingerprint density at radius 3 is 1.29 bits per heavy atom. The lowest BCUT2D eigenvalue weighted by molar-refractivity contribution is 1.17. The van der Waals surface area contributed by atoms with Crippen molar-refractivity contribution >= 4 is 87.0 Å². The van der Waals surface area contributed by atoms with E-state index >= 15 is 0 Å². The first-order valence-electron chi connectivity index (χ1n) is 20.4. The van der Waals surface area contributed by atoms with Crippen molar-refractivity contribution in [2.75, 3.05) is 0 Å². The van der Waals surface area contributed by atoms with Crippen LogP contribution in [0.5, 0.6) is 0 Å². The van der Waals surface area contributed by atoms with Crippen molar-refractivity contribution in [3.05, 3.63) is 212 Å². The van der Waals surface area contributed by atoms with E-state index in [2.05, 4.69) is 226 Å². The highest BCUT2D eigenvalue weighted by Gasteiger charge is 2.21. The summed E-state index contributed by atoms with van der Waals surface area (Å²) in [4.78, 5) is 0. The molecular formula is C56H35N3. The van der Waals surface area contributed by atoms with E-state index in [0.29, 0.717) is 0 Å². The summed E-state index contributed by atoms with van der Waals surface area (Å²) in [6.07, 6.45) is 0. The van der Waals surface area contributed by atoms with E-state index in [1.54, 1.807) is 0 Å². The fourth-order valence-corrected chi connectivity index (χ4v) is 10.0. The topological polar surface area (TPSA) is 14.8 Å². The maximum atomic E-state index is 2.49. The third-order valence-electron chi connectivity index (χ3n) is 12.6. The Morgan fingerprint density at radius 2 is 0.661 bits per heavy atom. The van der Waals surface area contributed by atoms with Crippen molar-refractivity contribution in [2.45, 2.75) is 0 Å². The summed E-state index contributed by atoms with van der Waals surface area (Å²) in [5, 5.41) is 12.6. The van der Waals surface area contributed by atoms with E-state index in [0.717, 1.165) is 17.1 Å². The molecule has 3 nitrogen and oxygen atoms in total. The van der Waals surface area contributed by atoms with Crippen LogP contribution in [0.2, 0.25) is 0 Å². The molecule has 3 heterocycles. The second-order valence-electron chi connectivity index (χ2n) is 15.7. The zero-order chi connectivity index (χ0) is 38.6. The molecule has 3 heteroatoms. The highest BCUT2D eigenvalue weighted by atomic mass is 15.0. The molecule has 0 unspecified atom stereocenters. The summed E-state index contributed by atoms with van der Waals surface area (Å²) in [5.41, 5.74) is 13.1. The van der Waals surface area contributed by atoms with Crippen LogP contribution in [0.3, 0.4) is 0 Å². The standard InChI is InChI=1S/C56H35N3/c1-2-12-43-38(11-1)21-22-39-35-42(31-32-44(39)43)59-52-19-9-5-15-47(52)48-33-34-54-55(56(48)59)49-16-6-10-20-53(49)58(54)41-29-25-37(26-30-41)36-23-27-40(28-24-36)57-50-17-7-3-13-45(50)46-14-4-8-18-51(46)57/h1-35H. The average molecular weight is 750 g/mol. The first-order valence-corrected chi connectivity index (χ1v) is 20.4. The van der Waals surface area contributed by atoms with Crippen LogP contribution in [0.15, 0.2) is 212 Å². The van der Waals surface area contributed by atoms with Gasteiger partial charge in [-0.3, -0.25) is 0 Å². The minimum absolute atomic E-state index is 1.14. The molecule has 59 heavy (non-hydrogen) atoms. The van der Waals surface area contributed by atoms with Crippen molar-refractivity contribution in [1.82, 2.24) is 13.7 Å². The number of nitrogens with zero attached hydrogens (tertiary/aromatic N) is 3. The van der Waals surface area contributed by atoms with Gasteiger partial charge in [0.1, 0.15) is 0 Å². The molecule has 0 atom stereocenters. The minimum Gasteiger partial charge on any atom is -0.309 e. The number of hydrogen-bond donors (Lipinski definition) is 0. The van der Waals surface area contributed by atoms with E-state index in [-0.39, 0.29) is 0 Å². The molecule has 13 aromatic rings. The molecule has 0 saturated heterocycles. The lowest BCUT2D eigenvalue weighted by Crippen LogP contribution is -1.96. The number of hydrogen-bond acceptors (Lipinski definition) is 0. The number of rotatable bonds is 4. The Labute approximate surface area is 339 Å². The summed E-state index contributed by atoms with van der Waals surface area (Å²) in [6.45, 7) is 0. The molecule has 0 aliphatic carbocycles. The summed E-state index contributed by atoms with van der Waals surface area (Å²) in [6, 6.07) is 77.9. The van der Waals surface area contributed by atoms with E-state index in [1.165, 1.54) is 98.1 Å². The lowest BCUT2D eigenvalue weighted by Gasteiger charge is -2.12. The fourth-order valence-electron chi connectivity index (χ4n) is 10.0. The van der Waals surface area contributed by atoms with Crippen LogP contribution in [-0.2, 0) is 0 Å². The molecule has 0 aliphatic heterocycles. The van der Waals surface area contributed by atoms with Crippen LogP contribution in [0.1, 0.15) is 0 Å². The van der Waals surface area contributed by atoms with Crippen molar-refractivity contribution in [2.24, 2.45) is 0 Å². The molecule has 3 aromatic heterocycles. The third kappa shape index (κ3) is 4.64. The second kappa shape index (κ2) is 12.3. The van der Waals surface area contributed by atoms with Gasteiger partial charge in [-0.05, 0) is 99.4 Å². The number of fused-ring (bicyclic) bond motifs is 13. The van der Waals surface area contributed by atoms with Gasteiger partial charge in [-0.15, -0.1) is 0 Å². The smallest absolute Gasteiger partial charge is 0.0641 e. The zero-order valence-corrected chi connectivity index (χ0v) is 32.0. The van der Waals surface area contributed by atoms with Gasteiger partial charge in [0.15, 0.2) is 0 Å². The fraction of sp³-hybridized carbons (Fsp3) is 0. The van der Waals surface area contributed by atoms with Crippen LogP contribution in [0.25, 0.3) is 115 Å². The quantitative estimate of drug-likeness (QED) is 0.159. The van der Waals surface area contributed by atoms with Crippen molar-refractivity contribution in [1.29, 1.82) is 0 Å². The molecule has 0 radical (unpaired) electrons. The molecule has 0 fully saturated rings. The number of benzene rings is 10. The molecule has 0 bridgehead atoms. The van der Waals surface area contributed by atoms with Crippen LogP contribution in [0, 0.1) is 0 Å². The summed E-state index contributed by atoms with van der Waals surface area (Å²) in [5.74, 6) is 0. The van der Waals surface area contributed by atoms with Gasteiger partial charge in [-0.2, -0.15) is 0 Å². The first kappa shape index (κ1) is 32.2. The highest BCUT2D eigenvalue weighted by molar-refractivity contribution is 6.26. The summed E-state index contributed by atoms with van der Waals surface area (Å²) in [7, 11) is 0. The van der Waals surface area contributed by atoms with Gasteiger partial charge in [0, 0.05) is 49.4 Å². The monoisotopic (exact) mass is 749 g/mol. The third-order valence-corrected chi connectivity index (χ3v) is 12.6. The first-order chi connectivity index (χ1) is 29.3. The number of aromatic nitrogens is 3. The SMILES string of the molecule is c1ccc2c(c1)ccc1cc(-n3c4ccccc4c4ccc5c(c6ccccc6n5-c5ccc(-c6ccc(-n7c8ccccc8c8ccccc87)cc6)cc5)c43)ccc12. The van der Waals surface area contributed by atoms with E-state index in [9.17, 15) is 0 Å². The van der Waals surface area contributed by atoms with Gasteiger partial charge in [-0.25, -0.2) is 0 Å². The van der Waals surface area contributed by atoms with Gasteiger partial charge in [0.25, 0.3) is 0 Å². The maximum Gasteiger partial charge on any atom is 0.0641 e. The Bertz CT molecular complexity index is 3770. The molecule has 0 aliphatic rings. The van der Waals surface area contributed by atoms with Gasteiger partial charge >= 0.3 is 0 Å². The lowest BCUT2D eigenvalue weighted by atomic mass is 10.0. The van der Waals surface area contributed by atoms with Crippen molar-refractivity contribution < 1.29 is 0 Å². The molecule has 0 saturated carbocycles. The molecule has 274 valence electrons. The van der Waals surface area contributed by atoms with Crippen LogP contribution in [-0.4, -0.2) is 13.7 Å². The van der Waals surface area contributed by atoms with Crippen molar-refractivity contribution in [3.63, 3.8) is 0 Å². The predicted octanol–water partition coefficient (Wildman–Crippen LogP) is 15.0. The summed E-state index contributed by atoms with van der Waals surface area (Å²) >= 11 is 0. The van der Waals surface area contributed by atoms with Gasteiger partial charge < -0.3 is 13.7 Å². The maximum absolute atomic E-state index is 2.49. The minimum atomic E-state index is 1.14. The zero-order valence-electron chi connectivity index (χ0n) is 32.0. The molecule has 0 N–H and O–H groups in total. The van der Waals surface area contributed by atoms with E-state index < -0.39 is 0 Å². The predicted molar refractivity (Wildman–Crippen MR) is 250 cm³/mol. The Kier molecular flexibility index (Phi) is 6.72.